The first-order valence-electron chi connectivity index (χ1n) is 5.31. The van der Waals surface area contributed by atoms with E-state index in [0.717, 1.165) is 0 Å². The molecule has 6 heteroatoms. The number of amides is 2. The molecular formula is C12H10NO5-. The number of hydrogen-bond acceptors (Lipinski definition) is 5. The predicted octanol–water partition coefficient (Wildman–Crippen LogP) is -1.22. The molecule has 94 valence electrons. The molecule has 0 saturated heterocycles. The standard InChI is InChI=1S/C12H11NO5/c1-6(14)9(12(17)18)13-10(15)7-4-2-3-5-8(7)11(13)16/h2-6,9,14H,1H3,(H,17,18)/p-1/t6-,9+/m1/s1. The van der Waals surface area contributed by atoms with E-state index in [1.54, 1.807) is 12.1 Å². The molecule has 0 aliphatic carbocycles. The average Bonchev–Trinajstić information content (AvgIpc) is 2.55. The second kappa shape index (κ2) is 4.23. The molecule has 2 amide bonds. The lowest BCUT2D eigenvalue weighted by Crippen LogP contribution is -2.55. The van der Waals surface area contributed by atoms with Gasteiger partial charge in [-0.2, -0.15) is 0 Å². The summed E-state index contributed by atoms with van der Waals surface area (Å²) in [7, 11) is 0. The molecule has 1 aliphatic heterocycles. The van der Waals surface area contributed by atoms with Gasteiger partial charge in [0, 0.05) is 0 Å². The number of nitrogens with zero attached hydrogens (tertiary/aromatic N) is 1. The van der Waals surface area contributed by atoms with E-state index in [1.165, 1.54) is 19.1 Å². The van der Waals surface area contributed by atoms with Gasteiger partial charge in [-0.15, -0.1) is 0 Å². The van der Waals surface area contributed by atoms with E-state index in [4.69, 9.17) is 0 Å². The molecule has 0 bridgehead atoms. The van der Waals surface area contributed by atoms with Crippen LogP contribution in [-0.2, 0) is 4.79 Å². The van der Waals surface area contributed by atoms with Crippen molar-refractivity contribution in [1.82, 2.24) is 4.90 Å². The summed E-state index contributed by atoms with van der Waals surface area (Å²) in [5.41, 5.74) is 0.267. The van der Waals surface area contributed by atoms with Crippen LogP contribution in [0.1, 0.15) is 27.6 Å². The predicted molar refractivity (Wildman–Crippen MR) is 57.4 cm³/mol. The molecule has 1 aromatic rings. The normalized spacial score (nSPS) is 17.6. The summed E-state index contributed by atoms with van der Waals surface area (Å²) in [6, 6.07) is 4.33. The van der Waals surface area contributed by atoms with Crippen molar-refractivity contribution in [3.63, 3.8) is 0 Å². The molecule has 0 spiro atoms. The molecule has 1 aromatic carbocycles. The maximum atomic E-state index is 12.0. The number of aliphatic hydroxyl groups is 1. The highest BCUT2D eigenvalue weighted by Crippen LogP contribution is 2.25. The maximum absolute atomic E-state index is 12.0. The average molecular weight is 248 g/mol. The Morgan fingerprint density at radius 2 is 1.67 bits per heavy atom. The molecule has 2 rings (SSSR count). The Morgan fingerprint density at radius 1 is 1.22 bits per heavy atom. The number of benzene rings is 1. The van der Waals surface area contributed by atoms with Crippen LogP contribution >= 0.6 is 0 Å². The Balaban J connectivity index is 2.47. The fraction of sp³-hybridized carbons (Fsp3) is 0.250. The van der Waals surface area contributed by atoms with Gasteiger partial charge in [0.25, 0.3) is 11.8 Å². The number of carboxylic acids is 1. The number of carboxylic acid groups (broad SMARTS) is 1. The lowest BCUT2D eigenvalue weighted by Gasteiger charge is -2.29. The van der Waals surface area contributed by atoms with Crippen molar-refractivity contribution < 1.29 is 24.6 Å². The van der Waals surface area contributed by atoms with E-state index in [1.807, 2.05) is 0 Å². The lowest BCUT2D eigenvalue weighted by molar-refractivity contribution is -0.312. The molecule has 1 N–H and O–H groups in total. The third-order valence-electron chi connectivity index (χ3n) is 2.80. The summed E-state index contributed by atoms with van der Waals surface area (Å²) in [4.78, 5) is 35.4. The first kappa shape index (κ1) is 12.3. The zero-order valence-electron chi connectivity index (χ0n) is 9.49. The Bertz CT molecular complexity index is 502. The number of aliphatic hydroxyl groups excluding tert-OH is 1. The topological polar surface area (TPSA) is 97.7 Å². The Morgan fingerprint density at radius 3 is 2.00 bits per heavy atom. The van der Waals surface area contributed by atoms with Crippen molar-refractivity contribution in [3.05, 3.63) is 35.4 Å². The van der Waals surface area contributed by atoms with Crippen LogP contribution in [0.15, 0.2) is 24.3 Å². The molecule has 1 heterocycles. The fourth-order valence-electron chi connectivity index (χ4n) is 1.98. The van der Waals surface area contributed by atoms with Crippen molar-refractivity contribution in [2.24, 2.45) is 0 Å². The molecule has 18 heavy (non-hydrogen) atoms. The molecule has 0 radical (unpaired) electrons. The zero-order chi connectivity index (χ0) is 13.4. The molecule has 1 aliphatic rings. The Hall–Kier alpha value is -2.21. The van der Waals surface area contributed by atoms with E-state index in [-0.39, 0.29) is 11.1 Å². The van der Waals surface area contributed by atoms with Gasteiger partial charge in [-0.1, -0.05) is 12.1 Å². The number of carbonyl (C=O) groups excluding carboxylic acids is 3. The summed E-state index contributed by atoms with van der Waals surface area (Å²) >= 11 is 0. The number of carbonyl (C=O) groups is 3. The van der Waals surface area contributed by atoms with Crippen LogP contribution in [0.25, 0.3) is 0 Å². The molecule has 0 fully saturated rings. The minimum Gasteiger partial charge on any atom is -0.548 e. The van der Waals surface area contributed by atoms with E-state index in [2.05, 4.69) is 0 Å². The van der Waals surface area contributed by atoms with Gasteiger partial charge in [-0.25, -0.2) is 0 Å². The first-order valence-corrected chi connectivity index (χ1v) is 5.31. The summed E-state index contributed by atoms with van der Waals surface area (Å²) in [5, 5.41) is 20.3. The van der Waals surface area contributed by atoms with Gasteiger partial charge < -0.3 is 15.0 Å². The van der Waals surface area contributed by atoms with Crippen LogP contribution in [0.3, 0.4) is 0 Å². The smallest absolute Gasteiger partial charge is 0.262 e. The molecule has 6 nitrogen and oxygen atoms in total. The SMILES string of the molecule is C[C@@H](O)[C@@H](C(=O)[O-])N1C(=O)c2ccccc2C1=O. The van der Waals surface area contributed by atoms with Crippen LogP contribution in [0, 0.1) is 0 Å². The summed E-state index contributed by atoms with van der Waals surface area (Å²) < 4.78 is 0. The van der Waals surface area contributed by atoms with Gasteiger partial charge in [0.05, 0.1) is 23.2 Å². The van der Waals surface area contributed by atoms with E-state index < -0.39 is 29.9 Å². The minimum absolute atomic E-state index is 0.134. The van der Waals surface area contributed by atoms with Gasteiger partial charge in [0.2, 0.25) is 0 Å². The van der Waals surface area contributed by atoms with Gasteiger partial charge in [-0.3, -0.25) is 14.5 Å². The molecule has 0 unspecified atom stereocenters. The van der Waals surface area contributed by atoms with Crippen LogP contribution in [0.4, 0.5) is 0 Å². The van der Waals surface area contributed by atoms with Gasteiger partial charge in [0.15, 0.2) is 0 Å². The summed E-state index contributed by atoms with van der Waals surface area (Å²) in [5.74, 6) is -3.13. The Labute approximate surface area is 102 Å². The van der Waals surface area contributed by atoms with Crippen molar-refractivity contribution in [2.45, 2.75) is 19.1 Å². The summed E-state index contributed by atoms with van der Waals surface area (Å²) in [6.07, 6.45) is -1.41. The minimum atomic E-state index is -1.68. The first-order chi connectivity index (χ1) is 8.45. The van der Waals surface area contributed by atoms with E-state index in [0.29, 0.717) is 4.90 Å². The van der Waals surface area contributed by atoms with Crippen molar-refractivity contribution >= 4 is 17.8 Å². The van der Waals surface area contributed by atoms with Crippen LogP contribution in [0.2, 0.25) is 0 Å². The van der Waals surface area contributed by atoms with Crippen molar-refractivity contribution in [2.75, 3.05) is 0 Å². The molecule has 0 saturated carbocycles. The fourth-order valence-corrected chi connectivity index (χ4v) is 1.98. The monoisotopic (exact) mass is 248 g/mol. The maximum Gasteiger partial charge on any atom is 0.262 e. The van der Waals surface area contributed by atoms with Gasteiger partial charge >= 0.3 is 0 Å². The highest BCUT2D eigenvalue weighted by molar-refractivity contribution is 6.22. The second-order valence-electron chi connectivity index (χ2n) is 4.03. The van der Waals surface area contributed by atoms with Crippen LogP contribution < -0.4 is 5.11 Å². The van der Waals surface area contributed by atoms with Gasteiger partial charge in [-0.05, 0) is 19.1 Å². The van der Waals surface area contributed by atoms with E-state index in [9.17, 15) is 24.6 Å². The number of hydrogen-bond donors (Lipinski definition) is 1. The highest BCUT2D eigenvalue weighted by atomic mass is 16.4. The number of aliphatic carboxylic acids is 1. The Kier molecular flexibility index (Phi) is 2.88. The zero-order valence-corrected chi connectivity index (χ0v) is 9.49. The lowest BCUT2D eigenvalue weighted by atomic mass is 10.1. The molecule has 0 aromatic heterocycles. The van der Waals surface area contributed by atoms with Crippen LogP contribution in [-0.4, -0.2) is 39.9 Å². The van der Waals surface area contributed by atoms with Crippen molar-refractivity contribution in [1.29, 1.82) is 0 Å². The largest absolute Gasteiger partial charge is 0.548 e. The highest BCUT2D eigenvalue weighted by Gasteiger charge is 2.41. The van der Waals surface area contributed by atoms with Crippen LogP contribution in [0.5, 0.6) is 0 Å². The third-order valence-corrected chi connectivity index (χ3v) is 2.80. The number of fused-ring (bicyclic) bond motifs is 1. The second-order valence-corrected chi connectivity index (χ2v) is 4.03. The quantitative estimate of drug-likeness (QED) is 0.676. The molecule has 2 atom stereocenters. The van der Waals surface area contributed by atoms with Gasteiger partial charge in [0.1, 0.15) is 6.04 Å². The summed E-state index contributed by atoms with van der Waals surface area (Å²) in [6.45, 7) is 1.18. The number of imide groups is 1. The van der Waals surface area contributed by atoms with E-state index >= 15 is 0 Å². The number of rotatable bonds is 3. The van der Waals surface area contributed by atoms with Crippen molar-refractivity contribution in [3.8, 4) is 0 Å². The third kappa shape index (κ3) is 1.67. The molecular weight excluding hydrogens is 238 g/mol.